The van der Waals surface area contributed by atoms with Gasteiger partial charge in [0.2, 0.25) is 0 Å². The Labute approximate surface area is 130 Å². The number of aryl methyl sites for hydroxylation is 2. The fraction of sp³-hybridized carbons (Fsp3) is 0.278. The van der Waals surface area contributed by atoms with Crippen molar-refractivity contribution in [3.8, 4) is 11.3 Å². The van der Waals surface area contributed by atoms with E-state index < -0.39 is 0 Å². The number of hydrogen-bond donors (Lipinski definition) is 1. The van der Waals surface area contributed by atoms with Gasteiger partial charge in [0, 0.05) is 24.9 Å². The number of nitrogens with zero attached hydrogens (tertiary/aromatic N) is 2. The van der Waals surface area contributed by atoms with Crippen LogP contribution in [0.1, 0.15) is 11.3 Å². The van der Waals surface area contributed by atoms with Crippen LogP contribution in [0.3, 0.4) is 0 Å². The third-order valence-corrected chi connectivity index (χ3v) is 3.76. The predicted molar refractivity (Wildman–Crippen MR) is 90.5 cm³/mol. The SMILES string of the molecule is COCCNc1c(-c2ccc(C)cc2)nc2cccc(C)n12. The van der Waals surface area contributed by atoms with Gasteiger partial charge in [-0.2, -0.15) is 0 Å². The second-order valence-electron chi connectivity index (χ2n) is 5.46. The van der Waals surface area contributed by atoms with Crippen LogP contribution in [0.15, 0.2) is 42.5 Å². The molecule has 0 aliphatic heterocycles. The van der Waals surface area contributed by atoms with Gasteiger partial charge in [-0.25, -0.2) is 4.98 Å². The van der Waals surface area contributed by atoms with Crippen LogP contribution in [-0.4, -0.2) is 29.6 Å². The second kappa shape index (κ2) is 6.20. The topological polar surface area (TPSA) is 38.6 Å². The molecule has 0 atom stereocenters. The van der Waals surface area contributed by atoms with Gasteiger partial charge in [0.15, 0.2) is 0 Å². The lowest BCUT2D eigenvalue weighted by Gasteiger charge is -2.10. The number of rotatable bonds is 5. The first kappa shape index (κ1) is 14.6. The first-order chi connectivity index (χ1) is 10.7. The van der Waals surface area contributed by atoms with E-state index in [-0.39, 0.29) is 0 Å². The van der Waals surface area contributed by atoms with Crippen LogP contribution < -0.4 is 5.32 Å². The maximum Gasteiger partial charge on any atom is 0.139 e. The van der Waals surface area contributed by atoms with Crippen LogP contribution in [0.4, 0.5) is 5.82 Å². The lowest BCUT2D eigenvalue weighted by Crippen LogP contribution is -2.10. The minimum atomic E-state index is 0.659. The minimum absolute atomic E-state index is 0.659. The number of anilines is 1. The standard InChI is InChI=1S/C18H21N3O/c1-13-7-9-15(10-8-13)17-18(19-11-12-22-3)21-14(2)5-4-6-16(21)20-17/h4-10,19H,11-12H2,1-3H3. The molecule has 114 valence electrons. The van der Waals surface area contributed by atoms with Gasteiger partial charge in [0.05, 0.1) is 6.61 Å². The van der Waals surface area contributed by atoms with Crippen molar-refractivity contribution in [1.82, 2.24) is 9.38 Å². The molecule has 4 nitrogen and oxygen atoms in total. The number of aromatic nitrogens is 2. The molecule has 2 aromatic heterocycles. The van der Waals surface area contributed by atoms with Crippen molar-refractivity contribution in [3.63, 3.8) is 0 Å². The van der Waals surface area contributed by atoms with Gasteiger partial charge in [-0.3, -0.25) is 4.40 Å². The van der Waals surface area contributed by atoms with Crippen molar-refractivity contribution < 1.29 is 4.74 Å². The highest BCUT2D eigenvalue weighted by molar-refractivity contribution is 5.77. The molecule has 0 radical (unpaired) electrons. The fourth-order valence-corrected chi connectivity index (χ4v) is 2.60. The molecule has 0 aliphatic rings. The summed E-state index contributed by atoms with van der Waals surface area (Å²) >= 11 is 0. The van der Waals surface area contributed by atoms with E-state index in [1.807, 2.05) is 12.1 Å². The van der Waals surface area contributed by atoms with Crippen molar-refractivity contribution in [3.05, 3.63) is 53.7 Å². The lowest BCUT2D eigenvalue weighted by atomic mass is 10.1. The minimum Gasteiger partial charge on any atom is -0.383 e. The Morgan fingerprint density at radius 1 is 1.09 bits per heavy atom. The van der Waals surface area contributed by atoms with Crippen molar-refractivity contribution >= 4 is 11.5 Å². The normalized spacial score (nSPS) is 11.0. The van der Waals surface area contributed by atoms with Crippen LogP contribution in [0.25, 0.3) is 16.9 Å². The zero-order valence-electron chi connectivity index (χ0n) is 13.3. The Hall–Kier alpha value is -2.33. The maximum absolute atomic E-state index is 5.15. The summed E-state index contributed by atoms with van der Waals surface area (Å²) in [6.45, 7) is 5.59. The number of pyridine rings is 1. The average Bonchev–Trinajstić information content (AvgIpc) is 2.88. The predicted octanol–water partition coefficient (Wildman–Crippen LogP) is 3.68. The van der Waals surface area contributed by atoms with E-state index in [0.29, 0.717) is 6.61 Å². The van der Waals surface area contributed by atoms with Crippen molar-refractivity contribution in [1.29, 1.82) is 0 Å². The zero-order chi connectivity index (χ0) is 15.5. The molecule has 0 saturated heterocycles. The molecular weight excluding hydrogens is 274 g/mol. The van der Waals surface area contributed by atoms with Gasteiger partial charge in [-0.05, 0) is 26.0 Å². The molecule has 1 aromatic carbocycles. The third-order valence-electron chi connectivity index (χ3n) is 3.76. The molecule has 0 spiro atoms. The molecule has 0 saturated carbocycles. The van der Waals surface area contributed by atoms with Crippen molar-refractivity contribution in [2.75, 3.05) is 25.6 Å². The van der Waals surface area contributed by atoms with Crippen molar-refractivity contribution in [2.45, 2.75) is 13.8 Å². The third kappa shape index (κ3) is 2.70. The van der Waals surface area contributed by atoms with Crippen LogP contribution in [0.5, 0.6) is 0 Å². The van der Waals surface area contributed by atoms with E-state index in [0.717, 1.165) is 35.0 Å². The van der Waals surface area contributed by atoms with Crippen LogP contribution in [-0.2, 0) is 4.74 Å². The number of hydrogen-bond acceptors (Lipinski definition) is 3. The molecular formula is C18H21N3O. The van der Waals surface area contributed by atoms with E-state index >= 15 is 0 Å². The zero-order valence-corrected chi connectivity index (χ0v) is 13.3. The number of imidazole rings is 1. The molecule has 0 bridgehead atoms. The van der Waals surface area contributed by atoms with Gasteiger partial charge in [-0.15, -0.1) is 0 Å². The van der Waals surface area contributed by atoms with E-state index in [1.165, 1.54) is 5.56 Å². The number of nitrogens with one attached hydrogen (secondary N) is 1. The Morgan fingerprint density at radius 2 is 1.86 bits per heavy atom. The molecule has 22 heavy (non-hydrogen) atoms. The Bertz CT molecular complexity index is 775. The maximum atomic E-state index is 5.15. The molecule has 3 aromatic rings. The summed E-state index contributed by atoms with van der Waals surface area (Å²) in [5, 5.41) is 3.47. The largest absolute Gasteiger partial charge is 0.383 e. The summed E-state index contributed by atoms with van der Waals surface area (Å²) in [6.07, 6.45) is 0. The Kier molecular flexibility index (Phi) is 4.11. The van der Waals surface area contributed by atoms with E-state index in [9.17, 15) is 0 Å². The highest BCUT2D eigenvalue weighted by Gasteiger charge is 2.14. The molecule has 2 heterocycles. The summed E-state index contributed by atoms with van der Waals surface area (Å²) in [5.74, 6) is 1.02. The number of benzene rings is 1. The first-order valence-corrected chi connectivity index (χ1v) is 7.48. The van der Waals surface area contributed by atoms with Gasteiger partial charge >= 0.3 is 0 Å². The smallest absolute Gasteiger partial charge is 0.139 e. The summed E-state index contributed by atoms with van der Waals surface area (Å²) < 4.78 is 7.31. The fourth-order valence-electron chi connectivity index (χ4n) is 2.60. The molecule has 0 aliphatic carbocycles. The van der Waals surface area contributed by atoms with Crippen LogP contribution in [0.2, 0.25) is 0 Å². The summed E-state index contributed by atoms with van der Waals surface area (Å²) in [5.41, 5.74) is 5.45. The van der Waals surface area contributed by atoms with E-state index in [2.05, 4.69) is 53.9 Å². The number of methoxy groups -OCH3 is 1. The summed E-state index contributed by atoms with van der Waals surface area (Å²) in [7, 11) is 1.71. The van der Waals surface area contributed by atoms with Crippen LogP contribution in [0, 0.1) is 13.8 Å². The van der Waals surface area contributed by atoms with Gasteiger partial charge in [0.1, 0.15) is 17.2 Å². The Balaban J connectivity index is 2.13. The molecule has 4 heteroatoms. The Morgan fingerprint density at radius 3 is 2.59 bits per heavy atom. The molecule has 1 N–H and O–H groups in total. The second-order valence-corrected chi connectivity index (χ2v) is 5.46. The molecule has 0 unspecified atom stereocenters. The molecule has 0 amide bonds. The first-order valence-electron chi connectivity index (χ1n) is 7.48. The summed E-state index contributed by atoms with van der Waals surface area (Å²) in [4.78, 5) is 4.81. The highest BCUT2D eigenvalue weighted by atomic mass is 16.5. The quantitative estimate of drug-likeness (QED) is 0.730. The lowest BCUT2D eigenvalue weighted by molar-refractivity contribution is 0.210. The monoisotopic (exact) mass is 295 g/mol. The van der Waals surface area contributed by atoms with E-state index in [1.54, 1.807) is 7.11 Å². The molecule has 3 rings (SSSR count). The van der Waals surface area contributed by atoms with E-state index in [4.69, 9.17) is 9.72 Å². The number of fused-ring (bicyclic) bond motifs is 1. The molecule has 0 fully saturated rings. The van der Waals surface area contributed by atoms with Crippen LogP contribution >= 0.6 is 0 Å². The summed E-state index contributed by atoms with van der Waals surface area (Å²) in [6, 6.07) is 14.6. The van der Waals surface area contributed by atoms with Crippen molar-refractivity contribution in [2.24, 2.45) is 0 Å². The van der Waals surface area contributed by atoms with Gasteiger partial charge in [-0.1, -0.05) is 35.9 Å². The number of ether oxygens (including phenoxy) is 1. The average molecular weight is 295 g/mol. The van der Waals surface area contributed by atoms with Gasteiger partial charge < -0.3 is 10.1 Å². The van der Waals surface area contributed by atoms with Gasteiger partial charge in [0.25, 0.3) is 0 Å². The highest BCUT2D eigenvalue weighted by Crippen LogP contribution is 2.29.